The minimum absolute atomic E-state index is 0.295. The van der Waals surface area contributed by atoms with E-state index in [0.717, 1.165) is 36.3 Å². The highest BCUT2D eigenvalue weighted by molar-refractivity contribution is 6.14. The van der Waals surface area contributed by atoms with Gasteiger partial charge in [-0.15, -0.1) is 0 Å². The van der Waals surface area contributed by atoms with Crippen molar-refractivity contribution in [3.8, 4) is 0 Å². The average Bonchev–Trinajstić information content (AvgIpc) is 2.56. The normalized spacial score (nSPS) is 14.7. The van der Waals surface area contributed by atoms with Gasteiger partial charge in [-0.25, -0.2) is 0 Å². The molecule has 88 valence electrons. The number of carbonyl (C=O) groups is 3. The summed E-state index contributed by atoms with van der Waals surface area (Å²) in [5.74, 6) is -1.47. The van der Waals surface area contributed by atoms with Gasteiger partial charge in [0.2, 0.25) is 0 Å². The van der Waals surface area contributed by atoms with Gasteiger partial charge in [0.25, 0.3) is 11.8 Å². The Morgan fingerprint density at radius 1 is 1.25 bits per heavy atom. The number of ether oxygens (including phenoxy) is 1. The van der Waals surface area contributed by atoms with Crippen LogP contribution in [0.15, 0.2) is 12.2 Å². The lowest BCUT2D eigenvalue weighted by Gasteiger charge is -2.12. The van der Waals surface area contributed by atoms with Crippen molar-refractivity contribution in [1.82, 2.24) is 4.90 Å². The second-order valence-corrected chi connectivity index (χ2v) is 3.52. The fourth-order valence-corrected chi connectivity index (χ4v) is 1.30. The predicted molar refractivity (Wildman–Crippen MR) is 56.3 cm³/mol. The number of hydrogen-bond donors (Lipinski definition) is 0. The molecule has 0 aromatic carbocycles. The van der Waals surface area contributed by atoms with E-state index in [1.807, 2.05) is 0 Å². The van der Waals surface area contributed by atoms with Gasteiger partial charge in [-0.1, -0.05) is 19.8 Å². The van der Waals surface area contributed by atoms with E-state index in [1.165, 1.54) is 0 Å². The van der Waals surface area contributed by atoms with Gasteiger partial charge in [0.05, 0.1) is 6.61 Å². The van der Waals surface area contributed by atoms with E-state index in [-0.39, 0.29) is 6.54 Å². The van der Waals surface area contributed by atoms with E-state index in [1.54, 1.807) is 0 Å². The van der Waals surface area contributed by atoms with Crippen molar-refractivity contribution in [3.05, 3.63) is 12.2 Å². The summed E-state index contributed by atoms with van der Waals surface area (Å²) >= 11 is 0. The molecule has 0 bridgehead atoms. The van der Waals surface area contributed by atoms with E-state index < -0.39 is 17.8 Å². The first-order valence-electron chi connectivity index (χ1n) is 5.34. The smallest absolute Gasteiger partial charge is 0.326 e. The number of imide groups is 1. The highest BCUT2D eigenvalue weighted by Gasteiger charge is 2.25. The SMILES string of the molecule is CCCCCOC(=O)CN1C(=O)C=CC1=O. The van der Waals surface area contributed by atoms with Crippen LogP contribution in [0, 0.1) is 0 Å². The Bertz CT molecular complexity index is 304. The second-order valence-electron chi connectivity index (χ2n) is 3.52. The van der Waals surface area contributed by atoms with E-state index in [2.05, 4.69) is 6.92 Å². The Hall–Kier alpha value is -1.65. The van der Waals surface area contributed by atoms with Gasteiger partial charge in [0.1, 0.15) is 6.54 Å². The van der Waals surface area contributed by atoms with Gasteiger partial charge in [-0.05, 0) is 6.42 Å². The zero-order chi connectivity index (χ0) is 12.0. The number of esters is 1. The van der Waals surface area contributed by atoms with Crippen LogP contribution in [0.1, 0.15) is 26.2 Å². The maximum atomic E-state index is 11.3. The summed E-state index contributed by atoms with van der Waals surface area (Å²) in [4.78, 5) is 34.3. The number of amides is 2. The molecule has 0 saturated heterocycles. The third-order valence-electron chi connectivity index (χ3n) is 2.20. The van der Waals surface area contributed by atoms with Crippen molar-refractivity contribution in [3.63, 3.8) is 0 Å². The van der Waals surface area contributed by atoms with Gasteiger partial charge in [-0.3, -0.25) is 19.3 Å². The molecule has 0 aliphatic carbocycles. The van der Waals surface area contributed by atoms with Gasteiger partial charge in [-0.2, -0.15) is 0 Å². The first kappa shape index (κ1) is 12.4. The topological polar surface area (TPSA) is 63.7 Å². The first-order chi connectivity index (χ1) is 7.65. The molecule has 0 aromatic rings. The lowest BCUT2D eigenvalue weighted by atomic mass is 10.3. The number of rotatable bonds is 6. The van der Waals surface area contributed by atoms with E-state index in [0.29, 0.717) is 6.61 Å². The van der Waals surface area contributed by atoms with Crippen LogP contribution in [0.5, 0.6) is 0 Å². The largest absolute Gasteiger partial charge is 0.464 e. The molecule has 0 atom stereocenters. The highest BCUT2D eigenvalue weighted by Crippen LogP contribution is 2.03. The number of unbranched alkanes of at least 4 members (excludes halogenated alkanes) is 2. The standard InChI is InChI=1S/C11H15NO4/c1-2-3-4-7-16-11(15)8-12-9(13)5-6-10(12)14/h5-6H,2-4,7-8H2,1H3. The molecule has 5 nitrogen and oxygen atoms in total. The third-order valence-corrected chi connectivity index (χ3v) is 2.20. The van der Waals surface area contributed by atoms with Crippen LogP contribution in [0.25, 0.3) is 0 Å². The van der Waals surface area contributed by atoms with Crippen LogP contribution in [0.2, 0.25) is 0 Å². The van der Waals surface area contributed by atoms with Crippen LogP contribution in [0.4, 0.5) is 0 Å². The Balaban J connectivity index is 2.24. The molecule has 0 fully saturated rings. The Kier molecular flexibility index (Phi) is 4.69. The highest BCUT2D eigenvalue weighted by atomic mass is 16.5. The second kappa shape index (κ2) is 6.05. The Morgan fingerprint density at radius 3 is 2.44 bits per heavy atom. The zero-order valence-electron chi connectivity index (χ0n) is 9.27. The molecule has 0 saturated carbocycles. The third kappa shape index (κ3) is 3.49. The molecule has 0 unspecified atom stereocenters. The Morgan fingerprint density at radius 2 is 1.88 bits per heavy atom. The fraction of sp³-hybridized carbons (Fsp3) is 0.545. The Labute approximate surface area is 94.1 Å². The predicted octanol–water partition coefficient (Wildman–Crippen LogP) is 0.645. The van der Waals surface area contributed by atoms with Gasteiger partial charge < -0.3 is 4.74 Å². The summed E-state index contributed by atoms with van der Waals surface area (Å²) in [6.45, 7) is 2.10. The number of carbonyl (C=O) groups excluding carboxylic acids is 3. The zero-order valence-corrected chi connectivity index (χ0v) is 9.27. The summed E-state index contributed by atoms with van der Waals surface area (Å²) in [7, 11) is 0. The molecule has 0 radical (unpaired) electrons. The van der Waals surface area contributed by atoms with Crippen molar-refractivity contribution in [1.29, 1.82) is 0 Å². The van der Waals surface area contributed by atoms with Crippen molar-refractivity contribution in [2.24, 2.45) is 0 Å². The summed E-state index contributed by atoms with van der Waals surface area (Å²) < 4.78 is 4.89. The summed E-state index contributed by atoms with van der Waals surface area (Å²) in [5.41, 5.74) is 0. The van der Waals surface area contributed by atoms with Crippen LogP contribution < -0.4 is 0 Å². The quantitative estimate of drug-likeness (QED) is 0.378. The number of hydrogen-bond acceptors (Lipinski definition) is 4. The molecule has 0 spiro atoms. The molecule has 2 amide bonds. The molecule has 1 aliphatic rings. The molecular weight excluding hydrogens is 210 g/mol. The maximum Gasteiger partial charge on any atom is 0.326 e. The van der Waals surface area contributed by atoms with E-state index >= 15 is 0 Å². The van der Waals surface area contributed by atoms with E-state index in [9.17, 15) is 14.4 Å². The van der Waals surface area contributed by atoms with Crippen LogP contribution >= 0.6 is 0 Å². The van der Waals surface area contributed by atoms with Gasteiger partial charge >= 0.3 is 5.97 Å². The molecule has 1 heterocycles. The molecule has 0 aromatic heterocycles. The molecule has 1 rings (SSSR count). The lowest BCUT2D eigenvalue weighted by molar-refractivity contribution is -0.151. The fourth-order valence-electron chi connectivity index (χ4n) is 1.30. The summed E-state index contributed by atoms with van der Waals surface area (Å²) in [5, 5.41) is 0. The maximum absolute atomic E-state index is 11.3. The molecule has 0 N–H and O–H groups in total. The van der Waals surface area contributed by atoms with Crippen LogP contribution in [-0.2, 0) is 19.1 Å². The van der Waals surface area contributed by atoms with Crippen molar-refractivity contribution < 1.29 is 19.1 Å². The van der Waals surface area contributed by atoms with Gasteiger partial charge in [0, 0.05) is 12.2 Å². The minimum Gasteiger partial charge on any atom is -0.464 e. The lowest BCUT2D eigenvalue weighted by Crippen LogP contribution is -2.35. The molecule has 1 aliphatic heterocycles. The van der Waals surface area contributed by atoms with Crippen molar-refractivity contribution >= 4 is 17.8 Å². The first-order valence-corrected chi connectivity index (χ1v) is 5.34. The monoisotopic (exact) mass is 225 g/mol. The minimum atomic E-state index is -0.540. The number of nitrogens with zero attached hydrogens (tertiary/aromatic N) is 1. The average molecular weight is 225 g/mol. The van der Waals surface area contributed by atoms with E-state index in [4.69, 9.17) is 4.74 Å². The summed E-state index contributed by atoms with van der Waals surface area (Å²) in [6, 6.07) is 0. The molecule has 5 heteroatoms. The van der Waals surface area contributed by atoms with Crippen molar-refractivity contribution in [2.75, 3.05) is 13.2 Å². The van der Waals surface area contributed by atoms with Crippen LogP contribution in [0.3, 0.4) is 0 Å². The van der Waals surface area contributed by atoms with Gasteiger partial charge in [0.15, 0.2) is 0 Å². The van der Waals surface area contributed by atoms with Crippen LogP contribution in [-0.4, -0.2) is 35.8 Å². The summed E-state index contributed by atoms with van der Waals surface area (Å²) in [6.07, 6.45) is 5.14. The molecule has 16 heavy (non-hydrogen) atoms. The molecular formula is C11H15NO4. The van der Waals surface area contributed by atoms with Crippen molar-refractivity contribution in [2.45, 2.75) is 26.2 Å².